The number of rotatable bonds is 5. The largest absolute Gasteiger partial charge is 0.422 e. The molecule has 0 saturated carbocycles. The van der Waals surface area contributed by atoms with E-state index in [1.54, 1.807) is 18.2 Å². The summed E-state index contributed by atoms with van der Waals surface area (Å²) in [7, 11) is 0. The summed E-state index contributed by atoms with van der Waals surface area (Å²) in [5.41, 5.74) is 9.17. The maximum atomic E-state index is 12.5. The van der Waals surface area contributed by atoms with Crippen LogP contribution in [-0.2, 0) is 13.0 Å². The number of benzene rings is 2. The van der Waals surface area contributed by atoms with Gasteiger partial charge in [0.15, 0.2) is 0 Å². The first kappa shape index (κ1) is 17.9. The Labute approximate surface area is 151 Å². The maximum Gasteiger partial charge on any atom is 0.349 e. The van der Waals surface area contributed by atoms with Crippen molar-refractivity contribution in [3.05, 3.63) is 75.1 Å². The van der Waals surface area contributed by atoms with Crippen LogP contribution in [0.25, 0.3) is 11.0 Å². The van der Waals surface area contributed by atoms with Crippen molar-refractivity contribution in [1.82, 2.24) is 0 Å². The van der Waals surface area contributed by atoms with Crippen LogP contribution < -0.4 is 16.7 Å². The molecule has 0 radical (unpaired) electrons. The van der Waals surface area contributed by atoms with Crippen molar-refractivity contribution >= 4 is 22.6 Å². The van der Waals surface area contributed by atoms with Crippen molar-refractivity contribution in [3.63, 3.8) is 0 Å². The van der Waals surface area contributed by atoms with Gasteiger partial charge in [0.1, 0.15) is 11.1 Å². The number of fused-ring (bicyclic) bond motifs is 1. The number of nitrogens with two attached hydrogens (primary N) is 1. The summed E-state index contributed by atoms with van der Waals surface area (Å²) in [4.78, 5) is 24.9. The van der Waals surface area contributed by atoms with E-state index in [4.69, 9.17) is 10.2 Å². The van der Waals surface area contributed by atoms with Gasteiger partial charge >= 0.3 is 5.63 Å². The summed E-state index contributed by atoms with van der Waals surface area (Å²) in [5.74, 6) is -0.487. The standard InChI is InChI=1S/C21H22N2O3/c1-3-4-17-13(2)5-8-15-11-18(21(25)26-19(15)17)20(24)23-16-9-6-14(12-22)7-10-16/h5-11H,3-4,12,22H2,1-2H3,(H,23,24). The Balaban J connectivity index is 1.96. The number of hydrogen-bond donors (Lipinski definition) is 2. The lowest BCUT2D eigenvalue weighted by Gasteiger charge is -2.10. The molecule has 3 rings (SSSR count). The van der Waals surface area contributed by atoms with Crippen molar-refractivity contribution < 1.29 is 9.21 Å². The molecule has 3 aromatic rings. The van der Waals surface area contributed by atoms with Gasteiger partial charge in [-0.2, -0.15) is 0 Å². The molecule has 1 amide bonds. The number of hydrogen-bond acceptors (Lipinski definition) is 4. The van der Waals surface area contributed by atoms with Crippen LogP contribution in [0.3, 0.4) is 0 Å². The molecule has 0 atom stereocenters. The number of aryl methyl sites for hydroxylation is 2. The number of carbonyl (C=O) groups is 1. The fourth-order valence-corrected chi connectivity index (χ4v) is 2.98. The van der Waals surface area contributed by atoms with E-state index in [0.717, 1.165) is 34.9 Å². The highest BCUT2D eigenvalue weighted by atomic mass is 16.4. The molecule has 3 N–H and O–H groups in total. The van der Waals surface area contributed by atoms with E-state index in [1.165, 1.54) is 0 Å². The van der Waals surface area contributed by atoms with Gasteiger partial charge in [0.25, 0.3) is 5.91 Å². The zero-order valence-electron chi connectivity index (χ0n) is 15.0. The van der Waals surface area contributed by atoms with E-state index in [9.17, 15) is 9.59 Å². The van der Waals surface area contributed by atoms with Gasteiger partial charge in [-0.1, -0.05) is 37.6 Å². The summed E-state index contributed by atoms with van der Waals surface area (Å²) in [5, 5.41) is 3.48. The van der Waals surface area contributed by atoms with Gasteiger partial charge in [0.05, 0.1) is 0 Å². The van der Waals surface area contributed by atoms with Crippen molar-refractivity contribution in [1.29, 1.82) is 0 Å². The fourth-order valence-electron chi connectivity index (χ4n) is 2.98. The molecule has 5 heteroatoms. The van der Waals surface area contributed by atoms with E-state index in [-0.39, 0.29) is 5.56 Å². The molecule has 0 spiro atoms. The first-order chi connectivity index (χ1) is 12.5. The Kier molecular flexibility index (Phi) is 5.19. The fraction of sp³-hybridized carbons (Fsp3) is 0.238. The minimum Gasteiger partial charge on any atom is -0.422 e. The quantitative estimate of drug-likeness (QED) is 0.686. The number of amides is 1. The summed E-state index contributed by atoms with van der Waals surface area (Å²) in [6, 6.07) is 12.6. The summed E-state index contributed by atoms with van der Waals surface area (Å²) in [6.07, 6.45) is 1.77. The van der Waals surface area contributed by atoms with Crippen molar-refractivity contribution in [2.24, 2.45) is 5.73 Å². The Bertz CT molecular complexity index is 1000. The predicted octanol–water partition coefficient (Wildman–Crippen LogP) is 3.76. The molecule has 26 heavy (non-hydrogen) atoms. The lowest BCUT2D eigenvalue weighted by molar-refractivity contribution is 0.102. The van der Waals surface area contributed by atoms with Crippen LogP contribution in [0.5, 0.6) is 0 Å². The lowest BCUT2D eigenvalue weighted by Crippen LogP contribution is -2.21. The normalized spacial score (nSPS) is 10.9. The molecule has 1 aromatic heterocycles. The van der Waals surface area contributed by atoms with Crippen LogP contribution >= 0.6 is 0 Å². The number of nitrogens with one attached hydrogen (secondary N) is 1. The SMILES string of the molecule is CCCc1c(C)ccc2cc(C(=O)Nc3ccc(CN)cc3)c(=O)oc12. The van der Waals surface area contributed by atoms with Crippen LogP contribution in [0.1, 0.15) is 40.4 Å². The third-order valence-corrected chi connectivity index (χ3v) is 4.43. The highest BCUT2D eigenvalue weighted by molar-refractivity contribution is 6.05. The highest BCUT2D eigenvalue weighted by Gasteiger charge is 2.16. The second-order valence-electron chi connectivity index (χ2n) is 6.33. The lowest BCUT2D eigenvalue weighted by atomic mass is 10.0. The van der Waals surface area contributed by atoms with Crippen molar-refractivity contribution in [3.8, 4) is 0 Å². The molecule has 5 nitrogen and oxygen atoms in total. The average molecular weight is 350 g/mol. The topological polar surface area (TPSA) is 85.3 Å². The predicted molar refractivity (Wildman–Crippen MR) is 104 cm³/mol. The second kappa shape index (κ2) is 7.54. The molecule has 0 fully saturated rings. The second-order valence-corrected chi connectivity index (χ2v) is 6.33. The molecule has 0 saturated heterocycles. The molecule has 134 valence electrons. The third kappa shape index (κ3) is 3.53. The average Bonchev–Trinajstić information content (AvgIpc) is 2.64. The Morgan fingerprint density at radius 1 is 1.15 bits per heavy atom. The van der Waals surface area contributed by atoms with Gasteiger partial charge in [-0.15, -0.1) is 0 Å². The minimum atomic E-state index is -0.628. The Hall–Kier alpha value is -2.92. The molecule has 2 aromatic carbocycles. The third-order valence-electron chi connectivity index (χ3n) is 4.43. The number of anilines is 1. The van der Waals surface area contributed by atoms with E-state index < -0.39 is 11.5 Å². The molecule has 0 aliphatic carbocycles. The van der Waals surface area contributed by atoms with Crippen LogP contribution in [0.2, 0.25) is 0 Å². The first-order valence-electron chi connectivity index (χ1n) is 8.70. The van der Waals surface area contributed by atoms with E-state index >= 15 is 0 Å². The van der Waals surface area contributed by atoms with Crippen LogP contribution in [0.15, 0.2) is 51.7 Å². The van der Waals surface area contributed by atoms with E-state index in [2.05, 4.69) is 12.2 Å². The zero-order chi connectivity index (χ0) is 18.7. The molecule has 0 aliphatic rings. The molecule has 0 aliphatic heterocycles. The number of carbonyl (C=O) groups excluding carboxylic acids is 1. The highest BCUT2D eigenvalue weighted by Crippen LogP contribution is 2.23. The minimum absolute atomic E-state index is 0.00768. The van der Waals surface area contributed by atoms with Gasteiger partial charge in [0, 0.05) is 17.6 Å². The Morgan fingerprint density at radius 2 is 1.88 bits per heavy atom. The van der Waals surface area contributed by atoms with E-state index in [1.807, 2.05) is 31.2 Å². The summed E-state index contributed by atoms with van der Waals surface area (Å²) >= 11 is 0. The summed E-state index contributed by atoms with van der Waals surface area (Å²) in [6.45, 7) is 4.51. The Morgan fingerprint density at radius 3 is 2.54 bits per heavy atom. The van der Waals surface area contributed by atoms with Gasteiger partial charge in [-0.05, 0) is 48.2 Å². The first-order valence-corrected chi connectivity index (χ1v) is 8.70. The maximum absolute atomic E-state index is 12.5. The molecule has 0 bridgehead atoms. The van der Waals surface area contributed by atoms with Crippen LogP contribution in [-0.4, -0.2) is 5.91 Å². The monoisotopic (exact) mass is 350 g/mol. The van der Waals surface area contributed by atoms with Gasteiger partial charge in [0.2, 0.25) is 0 Å². The molecule has 0 unspecified atom stereocenters. The molecule has 1 heterocycles. The summed E-state index contributed by atoms with van der Waals surface area (Å²) < 4.78 is 5.52. The van der Waals surface area contributed by atoms with Crippen molar-refractivity contribution in [2.45, 2.75) is 33.2 Å². The molecular weight excluding hydrogens is 328 g/mol. The van der Waals surface area contributed by atoms with Crippen molar-refractivity contribution in [2.75, 3.05) is 5.32 Å². The molecular formula is C21H22N2O3. The smallest absolute Gasteiger partial charge is 0.349 e. The van der Waals surface area contributed by atoms with Crippen LogP contribution in [0, 0.1) is 6.92 Å². The van der Waals surface area contributed by atoms with E-state index in [0.29, 0.717) is 17.8 Å². The van der Waals surface area contributed by atoms with Crippen LogP contribution in [0.4, 0.5) is 5.69 Å². The zero-order valence-corrected chi connectivity index (χ0v) is 15.0. The van der Waals surface area contributed by atoms with Gasteiger partial charge in [-0.3, -0.25) is 4.79 Å². The van der Waals surface area contributed by atoms with Gasteiger partial charge < -0.3 is 15.5 Å². The van der Waals surface area contributed by atoms with Gasteiger partial charge in [-0.25, -0.2) is 4.79 Å².